The van der Waals surface area contributed by atoms with Crippen LogP contribution in [0.15, 0.2) is 24.3 Å². The van der Waals surface area contributed by atoms with Crippen LogP contribution in [0.5, 0.6) is 0 Å². The third kappa shape index (κ3) is 1.86. The van der Waals surface area contributed by atoms with Crippen LogP contribution < -0.4 is 0 Å². The molecule has 110 valence electrons. The Balaban J connectivity index is 2.87. The first-order chi connectivity index (χ1) is 9.00. The van der Waals surface area contributed by atoms with Gasteiger partial charge in [-0.2, -0.15) is 26.3 Å². The lowest BCUT2D eigenvalue weighted by molar-refractivity contribution is -0.375. The zero-order chi connectivity index (χ0) is 15.3. The summed E-state index contributed by atoms with van der Waals surface area (Å²) in [5.41, 5.74) is -6.42. The van der Waals surface area contributed by atoms with Crippen molar-refractivity contribution in [2.24, 2.45) is 0 Å². The van der Waals surface area contributed by atoms with E-state index in [0.717, 1.165) is 13.0 Å². The molecule has 8 heteroatoms. The summed E-state index contributed by atoms with van der Waals surface area (Å²) in [5.74, 6) is 0. The smallest absolute Gasteiger partial charge is 0.369 e. The van der Waals surface area contributed by atoms with Crippen LogP contribution in [0.4, 0.5) is 26.3 Å². The number of aryl methyl sites for hydroxylation is 1. The number of halogens is 6. The number of alkyl halides is 6. The Bertz CT molecular complexity index is 625. The highest BCUT2D eigenvalue weighted by Gasteiger charge is 2.72. The van der Waals surface area contributed by atoms with E-state index in [9.17, 15) is 31.4 Å². The van der Waals surface area contributed by atoms with Crippen molar-refractivity contribution in [3.05, 3.63) is 35.5 Å². The second-order valence-corrected chi connectivity index (χ2v) is 4.38. The average molecular weight is 297 g/mol. The van der Waals surface area contributed by atoms with Gasteiger partial charge in [-0.25, -0.2) is 0 Å². The van der Waals surface area contributed by atoms with E-state index in [1.165, 1.54) is 18.2 Å². The third-order valence-corrected chi connectivity index (χ3v) is 3.08. The predicted octanol–water partition coefficient (Wildman–Crippen LogP) is 3.79. The fraction of sp³-hybridized carbons (Fsp3) is 0.333. The van der Waals surface area contributed by atoms with Gasteiger partial charge in [-0.15, -0.1) is 0 Å². The minimum atomic E-state index is -5.89. The number of aromatic nitrogens is 1. The topological polar surface area (TPSA) is 36.0 Å². The molecule has 20 heavy (non-hydrogen) atoms. The quantitative estimate of drug-likeness (QED) is 0.772. The van der Waals surface area contributed by atoms with Crippen molar-refractivity contribution in [2.75, 3.05) is 0 Å². The summed E-state index contributed by atoms with van der Waals surface area (Å²) < 4.78 is 77.3. The van der Waals surface area contributed by atoms with Gasteiger partial charge in [0.25, 0.3) is 5.60 Å². The summed E-state index contributed by atoms with van der Waals surface area (Å²) in [4.78, 5) is 2.42. The number of para-hydroxylation sites is 1. The molecule has 0 atom stereocenters. The SMILES string of the molecule is Cc1[nH]c2ccccc2c1C(O)(C(F)(F)F)C(F)(F)F. The first kappa shape index (κ1) is 14.7. The number of fused-ring (bicyclic) bond motifs is 1. The number of H-pyrrole nitrogens is 1. The number of aromatic amines is 1. The van der Waals surface area contributed by atoms with Gasteiger partial charge in [0, 0.05) is 22.2 Å². The predicted molar refractivity (Wildman–Crippen MR) is 59.0 cm³/mol. The molecule has 2 nitrogen and oxygen atoms in total. The third-order valence-electron chi connectivity index (χ3n) is 3.08. The molecule has 0 aliphatic heterocycles. The van der Waals surface area contributed by atoms with Gasteiger partial charge in [0.05, 0.1) is 0 Å². The molecule has 0 aliphatic rings. The second kappa shape index (κ2) is 4.15. The first-order valence-electron chi connectivity index (χ1n) is 5.43. The molecule has 0 bridgehead atoms. The molecule has 1 aromatic carbocycles. The fourth-order valence-electron chi connectivity index (χ4n) is 2.19. The molecule has 0 saturated carbocycles. The maximum Gasteiger partial charge on any atom is 0.430 e. The molecule has 0 amide bonds. The number of hydrogen-bond donors (Lipinski definition) is 2. The van der Waals surface area contributed by atoms with Crippen molar-refractivity contribution >= 4 is 10.9 Å². The highest BCUT2D eigenvalue weighted by Crippen LogP contribution is 2.52. The van der Waals surface area contributed by atoms with Crippen LogP contribution in [0.25, 0.3) is 10.9 Å². The first-order valence-corrected chi connectivity index (χ1v) is 5.43. The highest BCUT2D eigenvalue weighted by atomic mass is 19.4. The number of aliphatic hydroxyl groups is 1. The lowest BCUT2D eigenvalue weighted by Gasteiger charge is -2.32. The minimum Gasteiger partial charge on any atom is -0.369 e. The van der Waals surface area contributed by atoms with Gasteiger partial charge >= 0.3 is 12.4 Å². The molecule has 0 unspecified atom stereocenters. The lowest BCUT2D eigenvalue weighted by atomic mass is 9.90. The van der Waals surface area contributed by atoms with Gasteiger partial charge in [0.15, 0.2) is 0 Å². The molecule has 0 radical (unpaired) electrons. The van der Waals surface area contributed by atoms with Gasteiger partial charge in [-0.05, 0) is 13.0 Å². The number of benzene rings is 1. The Hall–Kier alpha value is -1.70. The molecule has 0 aliphatic carbocycles. The Labute approximate surface area is 109 Å². The summed E-state index contributed by atoms with van der Waals surface area (Å²) in [6.07, 6.45) is -11.8. The Morgan fingerprint density at radius 3 is 1.95 bits per heavy atom. The van der Waals surface area contributed by atoms with Gasteiger partial charge in [-0.1, -0.05) is 18.2 Å². The van der Waals surface area contributed by atoms with Crippen molar-refractivity contribution in [3.8, 4) is 0 Å². The summed E-state index contributed by atoms with van der Waals surface area (Å²) in [5, 5.41) is 9.14. The Kier molecular flexibility index (Phi) is 3.05. The van der Waals surface area contributed by atoms with Crippen LogP contribution >= 0.6 is 0 Å². The molecule has 0 fully saturated rings. The fourth-order valence-corrected chi connectivity index (χ4v) is 2.19. The maximum atomic E-state index is 12.9. The number of nitrogens with one attached hydrogen (secondary N) is 1. The summed E-state index contributed by atoms with van der Waals surface area (Å²) in [6, 6.07) is 5.18. The van der Waals surface area contributed by atoms with E-state index in [1.807, 2.05) is 0 Å². The molecule has 0 saturated heterocycles. The maximum absolute atomic E-state index is 12.9. The van der Waals surface area contributed by atoms with Crippen LogP contribution in [0.3, 0.4) is 0 Å². The van der Waals surface area contributed by atoms with Gasteiger partial charge < -0.3 is 10.1 Å². The Morgan fingerprint density at radius 1 is 0.950 bits per heavy atom. The van der Waals surface area contributed by atoms with Gasteiger partial charge in [0.2, 0.25) is 0 Å². The summed E-state index contributed by atoms with van der Waals surface area (Å²) in [7, 11) is 0. The molecule has 2 N–H and O–H groups in total. The largest absolute Gasteiger partial charge is 0.430 e. The van der Waals surface area contributed by atoms with E-state index in [4.69, 9.17) is 0 Å². The Morgan fingerprint density at radius 2 is 1.45 bits per heavy atom. The van der Waals surface area contributed by atoms with Crippen molar-refractivity contribution < 1.29 is 31.4 Å². The van der Waals surface area contributed by atoms with Crippen LogP contribution in [0, 0.1) is 6.92 Å². The normalized spacial score (nSPS) is 14.0. The second-order valence-electron chi connectivity index (χ2n) is 4.38. The lowest BCUT2D eigenvalue weighted by Crippen LogP contribution is -2.54. The van der Waals surface area contributed by atoms with E-state index >= 15 is 0 Å². The molecule has 1 aromatic heterocycles. The van der Waals surface area contributed by atoms with E-state index in [1.54, 1.807) is 0 Å². The van der Waals surface area contributed by atoms with Gasteiger partial charge in [0.1, 0.15) is 0 Å². The monoisotopic (exact) mass is 297 g/mol. The standard InChI is InChI=1S/C12H9F6NO/c1-6-9(7-4-2-3-5-8(7)19-6)10(20,11(13,14)15)12(16,17)18/h2-5,19-20H,1H3. The molecule has 2 aromatic rings. The van der Waals surface area contributed by atoms with Crippen LogP contribution in [0.1, 0.15) is 11.3 Å². The van der Waals surface area contributed by atoms with Crippen molar-refractivity contribution in [2.45, 2.75) is 24.9 Å². The molecule has 0 spiro atoms. The molecule has 2 rings (SSSR count). The average Bonchev–Trinajstić information content (AvgIpc) is 2.61. The zero-order valence-corrected chi connectivity index (χ0v) is 10.0. The zero-order valence-electron chi connectivity index (χ0n) is 10.0. The van der Waals surface area contributed by atoms with Crippen LogP contribution in [0.2, 0.25) is 0 Å². The summed E-state index contributed by atoms with van der Waals surface area (Å²) >= 11 is 0. The summed E-state index contributed by atoms with van der Waals surface area (Å²) in [6.45, 7) is 1.05. The van der Waals surface area contributed by atoms with Gasteiger partial charge in [-0.3, -0.25) is 0 Å². The van der Waals surface area contributed by atoms with E-state index in [-0.39, 0.29) is 16.6 Å². The molecule has 1 heterocycles. The number of rotatable bonds is 1. The van der Waals surface area contributed by atoms with E-state index in [2.05, 4.69) is 4.98 Å². The molecular weight excluding hydrogens is 288 g/mol. The van der Waals surface area contributed by atoms with Crippen LogP contribution in [-0.4, -0.2) is 22.4 Å². The van der Waals surface area contributed by atoms with Crippen molar-refractivity contribution in [1.29, 1.82) is 0 Å². The minimum absolute atomic E-state index is 0.0897. The van der Waals surface area contributed by atoms with Crippen molar-refractivity contribution in [3.63, 3.8) is 0 Å². The number of hydrogen-bond acceptors (Lipinski definition) is 1. The van der Waals surface area contributed by atoms with Crippen molar-refractivity contribution in [1.82, 2.24) is 4.98 Å². The van der Waals surface area contributed by atoms with E-state index < -0.39 is 23.5 Å². The highest BCUT2D eigenvalue weighted by molar-refractivity contribution is 5.85. The molecular formula is C12H9F6NO. The van der Waals surface area contributed by atoms with Crippen LogP contribution in [-0.2, 0) is 5.60 Å². The van der Waals surface area contributed by atoms with E-state index in [0.29, 0.717) is 0 Å².